The molecule has 1 fully saturated rings. The Morgan fingerprint density at radius 3 is 1.97 bits per heavy atom. The molecule has 39 heavy (non-hydrogen) atoms. The first-order valence-electron chi connectivity index (χ1n) is 13.2. The first kappa shape index (κ1) is 29.6. The van der Waals surface area contributed by atoms with E-state index < -0.39 is 41.7 Å². The maximum Gasteiger partial charge on any atom is 0.243 e. The average Bonchev–Trinajstić information content (AvgIpc) is 2.90. The number of benzene rings is 2. The molecule has 1 aliphatic carbocycles. The van der Waals surface area contributed by atoms with E-state index in [9.17, 15) is 18.8 Å². The summed E-state index contributed by atoms with van der Waals surface area (Å²) >= 11 is 0. The summed E-state index contributed by atoms with van der Waals surface area (Å²) in [5.41, 5.74) is 24.6. The number of halogens is 1. The molecular weight excluding hydrogens is 501 g/mol. The topological polar surface area (TPSA) is 192 Å². The van der Waals surface area contributed by atoms with Crippen LogP contribution in [0.5, 0.6) is 0 Å². The van der Waals surface area contributed by atoms with E-state index in [1.54, 1.807) is 24.3 Å². The molecule has 10 nitrogen and oxygen atoms in total. The number of guanidine groups is 1. The van der Waals surface area contributed by atoms with Crippen LogP contribution in [0, 0.1) is 11.7 Å². The maximum absolute atomic E-state index is 13.4. The van der Waals surface area contributed by atoms with E-state index in [0.29, 0.717) is 17.7 Å². The Balaban J connectivity index is 1.68. The van der Waals surface area contributed by atoms with Gasteiger partial charge in [-0.1, -0.05) is 56.4 Å². The predicted molar refractivity (Wildman–Crippen MR) is 148 cm³/mol. The van der Waals surface area contributed by atoms with Crippen molar-refractivity contribution in [3.8, 4) is 0 Å². The summed E-state index contributed by atoms with van der Waals surface area (Å²) in [4.78, 5) is 42.5. The lowest BCUT2D eigenvalue weighted by Crippen LogP contribution is -2.56. The normalized spacial score (nSPS) is 15.9. The Bertz CT molecular complexity index is 1140. The van der Waals surface area contributed by atoms with E-state index in [1.165, 1.54) is 24.3 Å². The van der Waals surface area contributed by atoms with Gasteiger partial charge in [0.15, 0.2) is 5.96 Å². The predicted octanol–water partition coefficient (Wildman–Crippen LogP) is 1.27. The number of hydrogen-bond donors (Lipinski definition) is 6. The van der Waals surface area contributed by atoms with Crippen LogP contribution in [0.25, 0.3) is 0 Å². The Labute approximate surface area is 227 Å². The summed E-state index contributed by atoms with van der Waals surface area (Å²) in [6.07, 6.45) is 5.97. The van der Waals surface area contributed by atoms with Crippen molar-refractivity contribution >= 4 is 29.4 Å². The molecule has 0 saturated heterocycles. The van der Waals surface area contributed by atoms with Crippen molar-refractivity contribution in [3.63, 3.8) is 0 Å². The van der Waals surface area contributed by atoms with Crippen molar-refractivity contribution in [2.75, 3.05) is 0 Å². The van der Waals surface area contributed by atoms with Gasteiger partial charge >= 0.3 is 0 Å². The van der Waals surface area contributed by atoms with Gasteiger partial charge in [-0.05, 0) is 54.2 Å². The van der Waals surface area contributed by atoms with Gasteiger partial charge in [0.2, 0.25) is 17.7 Å². The van der Waals surface area contributed by atoms with Gasteiger partial charge in [-0.25, -0.2) is 9.38 Å². The van der Waals surface area contributed by atoms with Gasteiger partial charge in [-0.3, -0.25) is 14.4 Å². The van der Waals surface area contributed by atoms with Crippen LogP contribution >= 0.6 is 0 Å². The number of nitrogens with two attached hydrogens (primary N) is 4. The standard InChI is InChI=1S/C28H38FN7O3/c29-20-10-6-19(7-11-20)15-23(25(31)37)35-27(39)24(16-17-4-2-1-3-5-17)36-26(38)22(30)14-18-8-12-21(13-9-18)34-28(32)33/h6-13,17,22-24H,1-5,14-16,30H2,(H2,31,37)(H,35,39)(H,36,38)(H4,32,33,34)/t22-,23?,24-/m0/s1. The van der Waals surface area contributed by atoms with Crippen LogP contribution < -0.4 is 33.6 Å². The van der Waals surface area contributed by atoms with Crippen molar-refractivity contribution in [2.24, 2.45) is 33.8 Å². The number of hydrogen-bond acceptors (Lipinski definition) is 5. The molecule has 3 rings (SSSR count). The van der Waals surface area contributed by atoms with Crippen LogP contribution in [0.15, 0.2) is 53.5 Å². The molecular formula is C28H38FN7O3. The molecule has 3 amide bonds. The number of aliphatic imine (C=N–C) groups is 1. The maximum atomic E-state index is 13.4. The molecule has 3 atom stereocenters. The number of carbonyl (C=O) groups is 3. The highest BCUT2D eigenvalue weighted by Gasteiger charge is 2.30. The third kappa shape index (κ3) is 9.68. The molecule has 0 aliphatic heterocycles. The second-order valence-corrected chi connectivity index (χ2v) is 10.1. The number of amides is 3. The monoisotopic (exact) mass is 539 g/mol. The lowest BCUT2D eigenvalue weighted by Gasteiger charge is -2.28. The number of nitrogens with one attached hydrogen (secondary N) is 2. The smallest absolute Gasteiger partial charge is 0.243 e. The van der Waals surface area contributed by atoms with Crippen molar-refractivity contribution in [1.82, 2.24) is 10.6 Å². The van der Waals surface area contributed by atoms with Gasteiger partial charge in [0.25, 0.3) is 0 Å². The van der Waals surface area contributed by atoms with Crippen molar-refractivity contribution in [2.45, 2.75) is 69.5 Å². The molecule has 0 bridgehead atoms. The summed E-state index contributed by atoms with van der Waals surface area (Å²) in [7, 11) is 0. The first-order valence-corrected chi connectivity index (χ1v) is 13.2. The molecule has 0 heterocycles. The molecule has 1 unspecified atom stereocenters. The summed E-state index contributed by atoms with van der Waals surface area (Å²) in [5.74, 6) is -1.91. The SMILES string of the molecule is NC(=O)C(Cc1ccc(F)cc1)NC(=O)[C@H](CC1CCCCC1)NC(=O)[C@@H](N)Cc1ccc(N=C(N)N)cc1. The molecule has 0 radical (unpaired) electrons. The average molecular weight is 540 g/mol. The highest BCUT2D eigenvalue weighted by Crippen LogP contribution is 2.27. The van der Waals surface area contributed by atoms with Crippen LogP contribution in [0.1, 0.15) is 49.7 Å². The number of primary amides is 1. The van der Waals surface area contributed by atoms with Gasteiger partial charge in [-0.2, -0.15) is 0 Å². The van der Waals surface area contributed by atoms with E-state index in [0.717, 1.165) is 37.7 Å². The zero-order chi connectivity index (χ0) is 28.4. The fraction of sp³-hybridized carbons (Fsp3) is 0.429. The van der Waals surface area contributed by atoms with Gasteiger partial charge in [0.05, 0.1) is 11.7 Å². The molecule has 11 heteroatoms. The Morgan fingerprint density at radius 2 is 1.38 bits per heavy atom. The lowest BCUT2D eigenvalue weighted by molar-refractivity contribution is -0.132. The molecule has 1 aliphatic rings. The van der Waals surface area contributed by atoms with Crippen molar-refractivity contribution < 1.29 is 18.8 Å². The fourth-order valence-corrected chi connectivity index (χ4v) is 4.82. The largest absolute Gasteiger partial charge is 0.370 e. The highest BCUT2D eigenvalue weighted by atomic mass is 19.1. The van der Waals surface area contributed by atoms with Crippen molar-refractivity contribution in [3.05, 3.63) is 65.5 Å². The quantitative estimate of drug-likeness (QED) is 0.174. The first-order chi connectivity index (χ1) is 18.6. The van der Waals surface area contributed by atoms with E-state index in [1.807, 2.05) is 0 Å². The zero-order valence-electron chi connectivity index (χ0n) is 21.9. The zero-order valence-corrected chi connectivity index (χ0v) is 21.9. The van der Waals surface area contributed by atoms with Gasteiger partial charge in [0.1, 0.15) is 17.9 Å². The summed E-state index contributed by atoms with van der Waals surface area (Å²) in [5, 5.41) is 5.49. The lowest BCUT2D eigenvalue weighted by atomic mass is 9.84. The third-order valence-electron chi connectivity index (χ3n) is 6.93. The van der Waals surface area contributed by atoms with Crippen LogP contribution in [-0.2, 0) is 27.2 Å². The number of carbonyl (C=O) groups excluding carboxylic acids is 3. The van der Waals surface area contributed by atoms with Crippen LogP contribution in [0.4, 0.5) is 10.1 Å². The minimum absolute atomic E-state index is 0.0580. The van der Waals surface area contributed by atoms with E-state index in [4.69, 9.17) is 22.9 Å². The highest BCUT2D eigenvalue weighted by molar-refractivity contribution is 5.92. The second kappa shape index (κ2) is 14.2. The molecule has 0 spiro atoms. The molecule has 2 aromatic carbocycles. The minimum atomic E-state index is -1.02. The van der Waals surface area contributed by atoms with Gasteiger partial charge < -0.3 is 33.6 Å². The van der Waals surface area contributed by atoms with Crippen LogP contribution in [0.2, 0.25) is 0 Å². The van der Waals surface area contributed by atoms with Gasteiger partial charge in [0, 0.05) is 6.42 Å². The van der Waals surface area contributed by atoms with Crippen molar-refractivity contribution in [1.29, 1.82) is 0 Å². The molecule has 1 saturated carbocycles. The summed E-state index contributed by atoms with van der Waals surface area (Å²) in [6, 6.07) is 9.76. The van der Waals surface area contributed by atoms with E-state index in [-0.39, 0.29) is 24.7 Å². The summed E-state index contributed by atoms with van der Waals surface area (Å²) in [6.45, 7) is 0. The van der Waals surface area contributed by atoms with E-state index in [2.05, 4.69) is 15.6 Å². The third-order valence-corrected chi connectivity index (χ3v) is 6.93. The Morgan fingerprint density at radius 1 is 0.821 bits per heavy atom. The number of nitrogens with zero attached hydrogens (tertiary/aromatic N) is 1. The fourth-order valence-electron chi connectivity index (χ4n) is 4.82. The van der Waals surface area contributed by atoms with E-state index >= 15 is 0 Å². The molecule has 0 aromatic heterocycles. The number of rotatable bonds is 12. The second-order valence-electron chi connectivity index (χ2n) is 10.1. The Hall–Kier alpha value is -3.99. The Kier molecular flexibility index (Phi) is 10.8. The molecule has 210 valence electrons. The summed E-state index contributed by atoms with van der Waals surface area (Å²) < 4.78 is 13.3. The molecule has 2 aromatic rings. The van der Waals surface area contributed by atoms with Gasteiger partial charge in [-0.15, -0.1) is 0 Å². The van der Waals surface area contributed by atoms with Crippen LogP contribution in [-0.4, -0.2) is 41.8 Å². The minimum Gasteiger partial charge on any atom is -0.370 e. The molecule has 10 N–H and O–H groups in total. The van der Waals surface area contributed by atoms with Crippen LogP contribution in [0.3, 0.4) is 0 Å².